The fraction of sp³-hybridized carbons (Fsp3) is 0.545. The first-order chi connectivity index (χ1) is 6.47. The number of carbonyl (C=O) groups excluding carboxylic acids is 1. The van der Waals surface area contributed by atoms with Gasteiger partial charge in [-0.05, 0) is 26.3 Å². The molecule has 3 heteroatoms. The molecule has 0 spiro atoms. The Hall–Kier alpha value is -0.700. The Balaban J connectivity index is 2.48. The zero-order chi connectivity index (χ0) is 10.5. The minimum Gasteiger partial charge on any atom is -0.317 e. The van der Waals surface area contributed by atoms with Gasteiger partial charge >= 0.3 is 0 Å². The average molecular weight is 209 g/mol. The lowest BCUT2D eigenvalue weighted by Gasteiger charge is -2.39. The first kappa shape index (κ1) is 9.84. The Morgan fingerprint density at radius 1 is 1.43 bits per heavy atom. The Bertz CT molecular complexity index is 369. The maximum Gasteiger partial charge on any atom is 0.251 e. The van der Waals surface area contributed by atoms with Crippen LogP contribution in [0.4, 0.5) is 0 Å². The second-order valence-electron chi connectivity index (χ2n) is 4.21. The number of fused-ring (bicyclic) bond motifs is 1. The van der Waals surface area contributed by atoms with Crippen LogP contribution in [-0.2, 0) is 4.79 Å². The monoisotopic (exact) mass is 209 g/mol. The molecule has 2 rings (SSSR count). The van der Waals surface area contributed by atoms with Crippen molar-refractivity contribution < 1.29 is 4.79 Å². The first-order valence-corrected chi connectivity index (χ1v) is 5.29. The number of nitrogens with zero attached hydrogens (tertiary/aromatic N) is 1. The normalized spacial score (nSPS) is 32.1. The van der Waals surface area contributed by atoms with Gasteiger partial charge in [-0.25, -0.2) is 0 Å². The number of hydrogen-bond donors (Lipinski definition) is 1. The highest BCUT2D eigenvalue weighted by Gasteiger charge is 2.46. The van der Waals surface area contributed by atoms with E-state index in [9.17, 15) is 4.79 Å². The van der Waals surface area contributed by atoms with Crippen molar-refractivity contribution in [2.24, 2.45) is 0 Å². The highest BCUT2D eigenvalue weighted by Crippen LogP contribution is 2.44. The summed E-state index contributed by atoms with van der Waals surface area (Å²) in [6, 6.07) is 0. The van der Waals surface area contributed by atoms with Crippen LogP contribution in [0.5, 0.6) is 0 Å². The number of carbonyl (C=O) groups is 1. The van der Waals surface area contributed by atoms with Crippen LogP contribution < -0.4 is 0 Å². The summed E-state index contributed by atoms with van der Waals surface area (Å²) in [5.41, 5.74) is 3.29. The lowest BCUT2D eigenvalue weighted by atomic mass is 9.96. The molecule has 76 valence electrons. The second-order valence-corrected chi connectivity index (χ2v) is 4.95. The van der Waals surface area contributed by atoms with Crippen LogP contribution in [0.1, 0.15) is 27.2 Å². The van der Waals surface area contributed by atoms with Crippen molar-refractivity contribution >= 4 is 18.5 Å². The summed E-state index contributed by atoms with van der Waals surface area (Å²) in [6.07, 6.45) is 2.96. The third-order valence-electron chi connectivity index (χ3n) is 3.32. The summed E-state index contributed by atoms with van der Waals surface area (Å²) in [5.74, 6) is 0.140. The van der Waals surface area contributed by atoms with Crippen molar-refractivity contribution in [2.45, 2.75) is 32.1 Å². The summed E-state index contributed by atoms with van der Waals surface area (Å²) >= 11 is 4.69. The van der Waals surface area contributed by atoms with Crippen molar-refractivity contribution in [3.8, 4) is 0 Å². The Morgan fingerprint density at radius 2 is 2.07 bits per heavy atom. The fourth-order valence-electron chi connectivity index (χ4n) is 2.20. The largest absolute Gasteiger partial charge is 0.317 e. The number of amides is 1. The summed E-state index contributed by atoms with van der Waals surface area (Å²) in [4.78, 5) is 13.4. The van der Waals surface area contributed by atoms with E-state index < -0.39 is 0 Å². The smallest absolute Gasteiger partial charge is 0.251 e. The van der Waals surface area contributed by atoms with Gasteiger partial charge in [0.05, 0.1) is 0 Å². The molecule has 0 aromatic rings. The van der Waals surface area contributed by atoms with E-state index in [-0.39, 0.29) is 10.8 Å². The SMILES string of the molecule is CC1=CCN2C(=O)C(C)=C(C)C2(S)C1. The van der Waals surface area contributed by atoms with Gasteiger partial charge in [-0.2, -0.15) is 0 Å². The highest BCUT2D eigenvalue weighted by molar-refractivity contribution is 7.82. The van der Waals surface area contributed by atoms with Gasteiger partial charge in [-0.3, -0.25) is 4.79 Å². The lowest BCUT2D eigenvalue weighted by Crippen LogP contribution is -2.46. The van der Waals surface area contributed by atoms with E-state index in [0.717, 1.165) is 17.6 Å². The molecule has 0 aromatic carbocycles. The number of thiol groups is 1. The zero-order valence-electron chi connectivity index (χ0n) is 8.79. The first-order valence-electron chi connectivity index (χ1n) is 4.85. The van der Waals surface area contributed by atoms with E-state index >= 15 is 0 Å². The second kappa shape index (κ2) is 2.89. The minimum atomic E-state index is -0.347. The Kier molecular flexibility index (Phi) is 2.03. The molecule has 0 N–H and O–H groups in total. The van der Waals surface area contributed by atoms with Crippen molar-refractivity contribution in [3.05, 3.63) is 22.8 Å². The molecule has 0 aliphatic carbocycles. The van der Waals surface area contributed by atoms with Gasteiger partial charge in [-0.1, -0.05) is 11.6 Å². The van der Waals surface area contributed by atoms with Gasteiger partial charge in [0.15, 0.2) is 0 Å². The van der Waals surface area contributed by atoms with Gasteiger partial charge in [0.1, 0.15) is 4.87 Å². The quantitative estimate of drug-likeness (QED) is 0.479. The van der Waals surface area contributed by atoms with Crippen molar-refractivity contribution in [1.82, 2.24) is 4.90 Å². The molecule has 1 amide bonds. The third-order valence-corrected chi connectivity index (χ3v) is 4.06. The third kappa shape index (κ3) is 1.08. The molecule has 0 aromatic heterocycles. The Labute approximate surface area is 90.1 Å². The van der Waals surface area contributed by atoms with E-state index in [4.69, 9.17) is 0 Å². The predicted molar refractivity (Wildman–Crippen MR) is 60.2 cm³/mol. The summed E-state index contributed by atoms with van der Waals surface area (Å²) < 4.78 is 0. The average Bonchev–Trinajstić information content (AvgIpc) is 2.28. The summed E-state index contributed by atoms with van der Waals surface area (Å²) in [6.45, 7) is 6.70. The lowest BCUT2D eigenvalue weighted by molar-refractivity contribution is -0.127. The molecule has 14 heavy (non-hydrogen) atoms. The maximum atomic E-state index is 11.9. The van der Waals surface area contributed by atoms with Gasteiger partial charge < -0.3 is 4.90 Å². The molecule has 0 fully saturated rings. The van der Waals surface area contributed by atoms with Gasteiger partial charge in [0, 0.05) is 18.5 Å². The standard InChI is InChI=1S/C11H15NOS/c1-7-4-5-12-10(13)8(2)9(3)11(12,14)6-7/h4,14H,5-6H2,1-3H3. The summed E-state index contributed by atoms with van der Waals surface area (Å²) in [5, 5.41) is 0. The maximum absolute atomic E-state index is 11.9. The molecule has 2 heterocycles. The van der Waals surface area contributed by atoms with Crippen molar-refractivity contribution in [1.29, 1.82) is 0 Å². The van der Waals surface area contributed by atoms with Crippen molar-refractivity contribution in [3.63, 3.8) is 0 Å². The number of hydrogen-bond acceptors (Lipinski definition) is 2. The van der Waals surface area contributed by atoms with E-state index in [0.29, 0.717) is 6.54 Å². The van der Waals surface area contributed by atoms with Gasteiger partial charge in [0.25, 0.3) is 5.91 Å². The van der Waals surface area contributed by atoms with Crippen LogP contribution in [0.15, 0.2) is 22.8 Å². The van der Waals surface area contributed by atoms with Crippen LogP contribution in [0.3, 0.4) is 0 Å². The van der Waals surface area contributed by atoms with E-state index in [1.54, 1.807) is 0 Å². The molecule has 2 aliphatic rings. The van der Waals surface area contributed by atoms with Crippen LogP contribution in [0, 0.1) is 0 Å². The van der Waals surface area contributed by atoms with Crippen molar-refractivity contribution in [2.75, 3.05) is 6.54 Å². The van der Waals surface area contributed by atoms with Crippen LogP contribution in [-0.4, -0.2) is 22.2 Å². The minimum absolute atomic E-state index is 0.140. The topological polar surface area (TPSA) is 20.3 Å². The molecule has 0 saturated heterocycles. The number of rotatable bonds is 0. The molecular formula is C11H15NOS. The van der Waals surface area contributed by atoms with Crippen LogP contribution >= 0.6 is 12.6 Å². The summed E-state index contributed by atoms with van der Waals surface area (Å²) in [7, 11) is 0. The van der Waals surface area contributed by atoms with E-state index in [1.807, 2.05) is 18.7 Å². The Morgan fingerprint density at radius 3 is 2.71 bits per heavy atom. The van der Waals surface area contributed by atoms with E-state index in [2.05, 4.69) is 25.6 Å². The zero-order valence-corrected chi connectivity index (χ0v) is 9.69. The fourth-order valence-corrected chi connectivity index (χ4v) is 2.79. The molecule has 0 bridgehead atoms. The molecule has 1 atom stereocenters. The van der Waals surface area contributed by atoms with Crippen LogP contribution in [0.25, 0.3) is 0 Å². The molecule has 0 radical (unpaired) electrons. The molecule has 0 saturated carbocycles. The molecule has 2 aliphatic heterocycles. The molecular weight excluding hydrogens is 194 g/mol. The molecule has 2 nitrogen and oxygen atoms in total. The van der Waals surface area contributed by atoms with Crippen LogP contribution in [0.2, 0.25) is 0 Å². The van der Waals surface area contributed by atoms with E-state index in [1.165, 1.54) is 5.57 Å². The van der Waals surface area contributed by atoms with Gasteiger partial charge in [-0.15, -0.1) is 12.6 Å². The molecule has 1 unspecified atom stereocenters. The van der Waals surface area contributed by atoms with Gasteiger partial charge in [0.2, 0.25) is 0 Å². The highest BCUT2D eigenvalue weighted by atomic mass is 32.1. The predicted octanol–water partition coefficient (Wildman–Crippen LogP) is 2.14.